The topological polar surface area (TPSA) is 145 Å². The van der Waals surface area contributed by atoms with Crippen LogP contribution in [0.2, 0.25) is 0 Å². The van der Waals surface area contributed by atoms with E-state index in [2.05, 4.69) is 44.1 Å². The Morgan fingerprint density at radius 2 is 2.00 bits per heavy atom. The molecule has 0 aliphatic rings. The molecule has 1 unspecified atom stereocenters. The number of nitrogens with one attached hydrogen (secondary N) is 2. The number of rotatable bonds is 5. The second-order valence-electron chi connectivity index (χ2n) is 5.75. The third kappa shape index (κ3) is 3.09. The Balaban J connectivity index is 1.87. The monoisotopic (exact) mass is 316 g/mol. The summed E-state index contributed by atoms with van der Waals surface area (Å²) in [7, 11) is 0. The van der Waals surface area contributed by atoms with Gasteiger partial charge in [-0.2, -0.15) is 9.97 Å². The number of anilines is 2. The fourth-order valence-corrected chi connectivity index (χ4v) is 2.45. The minimum Gasteiger partial charge on any atom is -0.449 e. The summed E-state index contributed by atoms with van der Waals surface area (Å²) in [6, 6.07) is -0.0261. The van der Waals surface area contributed by atoms with Gasteiger partial charge in [0, 0.05) is 13.5 Å². The van der Waals surface area contributed by atoms with Crippen LogP contribution < -0.4 is 16.8 Å². The highest BCUT2D eigenvalue weighted by atomic mass is 16.3. The van der Waals surface area contributed by atoms with Crippen molar-refractivity contribution in [3.63, 3.8) is 0 Å². The maximum atomic E-state index is 5.87. The molecule has 0 bridgehead atoms. The number of imidazole rings is 1. The quantitative estimate of drug-likeness (QED) is 0.551. The second-order valence-corrected chi connectivity index (χ2v) is 5.75. The van der Waals surface area contributed by atoms with E-state index in [1.54, 1.807) is 6.26 Å². The molecule has 122 valence electrons. The van der Waals surface area contributed by atoms with Gasteiger partial charge in [0.2, 0.25) is 5.95 Å². The Morgan fingerprint density at radius 1 is 1.22 bits per heavy atom. The Bertz CT molecular complexity index is 821. The summed E-state index contributed by atoms with van der Waals surface area (Å²) in [5, 5.41) is 3.42. The lowest BCUT2D eigenvalue weighted by Crippen LogP contribution is -2.26. The number of H-pyrrole nitrogens is 1. The number of nitrogens with zero attached hydrogens (tertiary/aromatic N) is 4. The molecule has 0 amide bonds. The van der Waals surface area contributed by atoms with Crippen molar-refractivity contribution in [2.24, 2.45) is 5.92 Å². The van der Waals surface area contributed by atoms with Crippen LogP contribution in [-0.4, -0.2) is 24.9 Å². The van der Waals surface area contributed by atoms with Crippen LogP contribution in [0.25, 0.3) is 11.2 Å². The lowest BCUT2D eigenvalue weighted by molar-refractivity contribution is 0.393. The molecular weight excluding hydrogens is 296 g/mol. The largest absolute Gasteiger partial charge is 0.449 e. The van der Waals surface area contributed by atoms with Crippen LogP contribution in [-0.2, 0) is 6.54 Å². The maximum absolute atomic E-state index is 5.87. The van der Waals surface area contributed by atoms with E-state index in [1.807, 2.05) is 6.92 Å². The van der Waals surface area contributed by atoms with Crippen molar-refractivity contribution < 1.29 is 4.42 Å². The Kier molecular flexibility index (Phi) is 3.87. The average Bonchev–Trinajstić information content (AvgIpc) is 3.05. The van der Waals surface area contributed by atoms with E-state index in [1.165, 1.54) is 0 Å². The first kappa shape index (κ1) is 15.2. The fourth-order valence-electron chi connectivity index (χ4n) is 2.45. The molecule has 0 aliphatic heterocycles. The molecule has 0 aliphatic carbocycles. The predicted octanol–water partition coefficient (Wildman–Crippen LogP) is 1.30. The number of oxazole rings is 1. The van der Waals surface area contributed by atoms with Crippen molar-refractivity contribution >= 4 is 22.9 Å². The number of hydrogen-bond acceptors (Lipinski definition) is 8. The number of nitrogen functional groups attached to an aromatic ring is 2. The lowest BCUT2D eigenvalue weighted by atomic mass is 10.0. The highest BCUT2D eigenvalue weighted by Gasteiger charge is 2.21. The number of aromatic amines is 1. The third-order valence-corrected chi connectivity index (χ3v) is 3.55. The minimum atomic E-state index is -0.0261. The van der Waals surface area contributed by atoms with Gasteiger partial charge in [-0.1, -0.05) is 13.8 Å². The average molecular weight is 316 g/mol. The van der Waals surface area contributed by atoms with Gasteiger partial charge in [-0.25, -0.2) is 9.97 Å². The van der Waals surface area contributed by atoms with Crippen LogP contribution in [0.1, 0.15) is 37.3 Å². The molecular formula is C14H20N8O. The van der Waals surface area contributed by atoms with Crippen molar-refractivity contribution in [2.75, 3.05) is 11.5 Å². The zero-order valence-electron chi connectivity index (χ0n) is 13.3. The second kappa shape index (κ2) is 5.84. The fraction of sp³-hybridized carbons (Fsp3) is 0.429. The molecule has 6 N–H and O–H groups in total. The molecule has 3 aromatic heterocycles. The molecule has 9 nitrogen and oxygen atoms in total. The zero-order valence-corrected chi connectivity index (χ0v) is 13.3. The standard InChI is InChI=1S/C14H20N8O/c1-6(2)9(17-4-8-5-23-7(3)18-8)12-19-10-11(15)20-14(16)22-13(10)21-12/h5-6,9,17H,4H2,1-3H3,(H5,15,16,19,20,21,22). The minimum absolute atomic E-state index is 0.0261. The highest BCUT2D eigenvalue weighted by Crippen LogP contribution is 2.24. The summed E-state index contributed by atoms with van der Waals surface area (Å²) in [5.74, 6) is 2.07. The van der Waals surface area contributed by atoms with Crippen molar-refractivity contribution in [2.45, 2.75) is 33.4 Å². The number of fused-ring (bicyclic) bond motifs is 1. The van der Waals surface area contributed by atoms with Crippen molar-refractivity contribution in [1.29, 1.82) is 0 Å². The molecule has 0 saturated carbocycles. The smallest absolute Gasteiger partial charge is 0.224 e. The summed E-state index contributed by atoms with van der Waals surface area (Å²) in [6.07, 6.45) is 1.64. The molecule has 0 radical (unpaired) electrons. The van der Waals surface area contributed by atoms with Crippen LogP contribution in [0.3, 0.4) is 0 Å². The van der Waals surface area contributed by atoms with E-state index in [0.29, 0.717) is 29.4 Å². The lowest BCUT2D eigenvalue weighted by Gasteiger charge is -2.19. The first-order valence-corrected chi connectivity index (χ1v) is 7.37. The summed E-state index contributed by atoms with van der Waals surface area (Å²) in [4.78, 5) is 20.0. The number of aromatic nitrogens is 5. The molecule has 23 heavy (non-hydrogen) atoms. The van der Waals surface area contributed by atoms with Crippen LogP contribution in [0, 0.1) is 12.8 Å². The SMILES string of the molecule is Cc1nc(CNC(c2nc3nc(N)nc(N)c3[nH]2)C(C)C)co1. The van der Waals surface area contributed by atoms with E-state index in [0.717, 1.165) is 11.5 Å². The molecule has 0 fully saturated rings. The van der Waals surface area contributed by atoms with E-state index < -0.39 is 0 Å². The summed E-state index contributed by atoms with van der Waals surface area (Å²) in [6.45, 7) is 6.58. The molecule has 3 heterocycles. The Hall–Kier alpha value is -2.68. The van der Waals surface area contributed by atoms with Crippen LogP contribution in [0.4, 0.5) is 11.8 Å². The van der Waals surface area contributed by atoms with E-state index in [9.17, 15) is 0 Å². The maximum Gasteiger partial charge on any atom is 0.224 e. The normalized spacial score (nSPS) is 13.0. The molecule has 0 spiro atoms. The molecule has 1 atom stereocenters. The predicted molar refractivity (Wildman–Crippen MR) is 86.2 cm³/mol. The highest BCUT2D eigenvalue weighted by molar-refractivity contribution is 5.82. The van der Waals surface area contributed by atoms with Gasteiger partial charge in [0.15, 0.2) is 17.4 Å². The zero-order chi connectivity index (χ0) is 16.6. The number of nitrogens with two attached hydrogens (primary N) is 2. The summed E-state index contributed by atoms with van der Waals surface area (Å²) in [5.41, 5.74) is 13.4. The number of aryl methyl sites for hydroxylation is 1. The Labute approximate surface area is 132 Å². The molecule has 0 saturated heterocycles. The van der Waals surface area contributed by atoms with Crippen LogP contribution in [0.5, 0.6) is 0 Å². The Morgan fingerprint density at radius 3 is 2.65 bits per heavy atom. The molecule has 3 rings (SSSR count). The van der Waals surface area contributed by atoms with Gasteiger partial charge in [0.05, 0.1) is 11.7 Å². The third-order valence-electron chi connectivity index (χ3n) is 3.55. The van der Waals surface area contributed by atoms with Crippen LogP contribution >= 0.6 is 0 Å². The van der Waals surface area contributed by atoms with Crippen molar-refractivity contribution in [3.05, 3.63) is 23.7 Å². The van der Waals surface area contributed by atoms with Gasteiger partial charge < -0.3 is 26.2 Å². The van der Waals surface area contributed by atoms with E-state index in [-0.39, 0.29) is 17.9 Å². The number of hydrogen-bond donors (Lipinski definition) is 4. The summed E-state index contributed by atoms with van der Waals surface area (Å²) >= 11 is 0. The summed E-state index contributed by atoms with van der Waals surface area (Å²) < 4.78 is 5.22. The van der Waals surface area contributed by atoms with Crippen molar-refractivity contribution in [3.8, 4) is 0 Å². The van der Waals surface area contributed by atoms with Crippen molar-refractivity contribution in [1.82, 2.24) is 30.2 Å². The van der Waals surface area contributed by atoms with Crippen LogP contribution in [0.15, 0.2) is 10.7 Å². The van der Waals surface area contributed by atoms with Gasteiger partial charge in [0.1, 0.15) is 17.6 Å². The van der Waals surface area contributed by atoms with Gasteiger partial charge in [-0.05, 0) is 5.92 Å². The first-order chi connectivity index (χ1) is 10.9. The molecule has 0 aromatic carbocycles. The van der Waals surface area contributed by atoms with Gasteiger partial charge in [0.25, 0.3) is 0 Å². The first-order valence-electron chi connectivity index (χ1n) is 7.37. The van der Waals surface area contributed by atoms with E-state index in [4.69, 9.17) is 15.9 Å². The van der Waals surface area contributed by atoms with Gasteiger partial charge in [-0.3, -0.25) is 0 Å². The van der Waals surface area contributed by atoms with Gasteiger partial charge in [-0.15, -0.1) is 0 Å². The molecule has 9 heteroatoms. The molecule has 3 aromatic rings. The van der Waals surface area contributed by atoms with Gasteiger partial charge >= 0.3 is 0 Å². The van der Waals surface area contributed by atoms with E-state index >= 15 is 0 Å².